The maximum absolute atomic E-state index is 12.0. The third-order valence-corrected chi connectivity index (χ3v) is 3.21. The summed E-state index contributed by atoms with van der Waals surface area (Å²) in [7, 11) is 1.63. The lowest BCUT2D eigenvalue weighted by Crippen LogP contribution is -2.37. The first kappa shape index (κ1) is 16.7. The molecular formula is C12H22F3NO3. The SMILES string of the molecule is COCCNCC1(CCOCC(F)(F)F)CCOC1. The van der Waals surface area contributed by atoms with Crippen molar-refractivity contribution < 1.29 is 27.4 Å². The normalized spacial score (nSPS) is 24.0. The van der Waals surface area contributed by atoms with Crippen LogP contribution >= 0.6 is 0 Å². The number of rotatable bonds is 9. The molecule has 4 nitrogen and oxygen atoms in total. The predicted octanol–water partition coefficient (Wildman–Crippen LogP) is 1.60. The summed E-state index contributed by atoms with van der Waals surface area (Å²) in [6, 6.07) is 0. The molecule has 0 aromatic heterocycles. The molecule has 19 heavy (non-hydrogen) atoms. The van der Waals surface area contributed by atoms with E-state index in [0.717, 1.165) is 13.0 Å². The molecule has 1 saturated heterocycles. The third kappa shape index (κ3) is 7.10. The summed E-state index contributed by atoms with van der Waals surface area (Å²) < 4.78 is 50.9. The van der Waals surface area contributed by atoms with Gasteiger partial charge in [0.25, 0.3) is 0 Å². The van der Waals surface area contributed by atoms with Gasteiger partial charge in [0, 0.05) is 38.8 Å². The molecule has 0 bridgehead atoms. The molecule has 0 aromatic rings. The largest absolute Gasteiger partial charge is 0.411 e. The second kappa shape index (κ2) is 8.04. The molecule has 1 atom stereocenters. The maximum Gasteiger partial charge on any atom is 0.411 e. The van der Waals surface area contributed by atoms with Crippen molar-refractivity contribution in [1.29, 1.82) is 0 Å². The average molecular weight is 285 g/mol. The van der Waals surface area contributed by atoms with E-state index in [1.165, 1.54) is 0 Å². The maximum atomic E-state index is 12.0. The monoisotopic (exact) mass is 285 g/mol. The number of halogens is 3. The second-order valence-electron chi connectivity index (χ2n) is 4.89. The Balaban J connectivity index is 2.23. The first-order valence-corrected chi connectivity index (χ1v) is 6.39. The van der Waals surface area contributed by atoms with Crippen LogP contribution in [-0.4, -0.2) is 59.4 Å². The van der Waals surface area contributed by atoms with Gasteiger partial charge in [0.1, 0.15) is 6.61 Å². The molecule has 0 aromatic carbocycles. The van der Waals surface area contributed by atoms with E-state index in [1.807, 2.05) is 0 Å². The van der Waals surface area contributed by atoms with Crippen LogP contribution in [0.15, 0.2) is 0 Å². The summed E-state index contributed by atoms with van der Waals surface area (Å²) in [6.45, 7) is 2.21. The van der Waals surface area contributed by atoms with E-state index in [1.54, 1.807) is 7.11 Å². The average Bonchev–Trinajstić information content (AvgIpc) is 2.79. The molecular weight excluding hydrogens is 263 g/mol. The standard InChI is InChI=1S/C12H22F3NO3/c1-17-7-4-16-8-11(2-5-18-9-11)3-6-19-10-12(13,14)15/h16H,2-10H2,1H3. The van der Waals surface area contributed by atoms with Crippen LogP contribution in [-0.2, 0) is 14.2 Å². The van der Waals surface area contributed by atoms with Crippen molar-refractivity contribution >= 4 is 0 Å². The predicted molar refractivity (Wildman–Crippen MR) is 64.1 cm³/mol. The minimum Gasteiger partial charge on any atom is -0.383 e. The number of ether oxygens (including phenoxy) is 3. The van der Waals surface area contributed by atoms with Crippen molar-refractivity contribution in [3.8, 4) is 0 Å². The molecule has 1 aliphatic rings. The van der Waals surface area contributed by atoms with Crippen molar-refractivity contribution in [3.63, 3.8) is 0 Å². The number of hydrogen-bond acceptors (Lipinski definition) is 4. The molecule has 0 spiro atoms. The molecule has 7 heteroatoms. The van der Waals surface area contributed by atoms with E-state index in [9.17, 15) is 13.2 Å². The first-order valence-electron chi connectivity index (χ1n) is 6.39. The van der Waals surface area contributed by atoms with Gasteiger partial charge >= 0.3 is 6.18 Å². The number of nitrogens with one attached hydrogen (secondary N) is 1. The molecule has 1 fully saturated rings. The lowest BCUT2D eigenvalue weighted by Gasteiger charge is -2.27. The molecule has 1 aliphatic heterocycles. The van der Waals surface area contributed by atoms with Crippen LogP contribution in [0.25, 0.3) is 0 Å². The van der Waals surface area contributed by atoms with Crippen LogP contribution in [0.5, 0.6) is 0 Å². The van der Waals surface area contributed by atoms with Gasteiger partial charge in [-0.1, -0.05) is 0 Å². The van der Waals surface area contributed by atoms with Crippen molar-refractivity contribution in [2.24, 2.45) is 5.41 Å². The molecule has 1 unspecified atom stereocenters. The van der Waals surface area contributed by atoms with Crippen LogP contribution in [0.3, 0.4) is 0 Å². The summed E-state index contributed by atoms with van der Waals surface area (Å²) in [6.07, 6.45) is -2.83. The van der Waals surface area contributed by atoms with E-state index < -0.39 is 12.8 Å². The van der Waals surface area contributed by atoms with E-state index in [0.29, 0.717) is 32.8 Å². The summed E-state index contributed by atoms with van der Waals surface area (Å²) in [5.41, 5.74) is -0.112. The Hall–Kier alpha value is -0.370. The fourth-order valence-corrected chi connectivity index (χ4v) is 2.08. The van der Waals surface area contributed by atoms with Gasteiger partial charge in [0.2, 0.25) is 0 Å². The van der Waals surface area contributed by atoms with Crippen LogP contribution in [0, 0.1) is 5.41 Å². The Morgan fingerprint density at radius 3 is 2.68 bits per heavy atom. The highest BCUT2D eigenvalue weighted by Crippen LogP contribution is 2.32. The Morgan fingerprint density at radius 2 is 2.11 bits per heavy atom. The number of methoxy groups -OCH3 is 1. The van der Waals surface area contributed by atoms with Crippen molar-refractivity contribution in [3.05, 3.63) is 0 Å². The van der Waals surface area contributed by atoms with Crippen LogP contribution in [0.2, 0.25) is 0 Å². The molecule has 1 N–H and O–H groups in total. The van der Waals surface area contributed by atoms with Gasteiger partial charge in [-0.2, -0.15) is 13.2 Å². The van der Waals surface area contributed by atoms with Crippen molar-refractivity contribution in [2.75, 3.05) is 53.2 Å². The molecule has 114 valence electrons. The molecule has 1 rings (SSSR count). The van der Waals surface area contributed by atoms with Crippen LogP contribution in [0.4, 0.5) is 13.2 Å². The quantitative estimate of drug-likeness (QED) is 0.653. The Labute approximate surface area is 111 Å². The first-order chi connectivity index (χ1) is 8.97. The molecule has 0 aliphatic carbocycles. The highest BCUT2D eigenvalue weighted by molar-refractivity contribution is 4.85. The zero-order valence-electron chi connectivity index (χ0n) is 11.2. The smallest absolute Gasteiger partial charge is 0.383 e. The Bertz CT molecular complexity index is 243. The van der Waals surface area contributed by atoms with E-state index in [4.69, 9.17) is 9.47 Å². The zero-order chi connectivity index (χ0) is 14.2. The van der Waals surface area contributed by atoms with Crippen molar-refractivity contribution in [1.82, 2.24) is 5.32 Å². The second-order valence-corrected chi connectivity index (χ2v) is 4.89. The highest BCUT2D eigenvalue weighted by Gasteiger charge is 2.35. The topological polar surface area (TPSA) is 39.7 Å². The Kier molecular flexibility index (Phi) is 7.06. The highest BCUT2D eigenvalue weighted by atomic mass is 19.4. The molecule has 0 saturated carbocycles. The molecule has 0 amide bonds. The number of alkyl halides is 3. The van der Waals surface area contributed by atoms with Crippen molar-refractivity contribution in [2.45, 2.75) is 19.0 Å². The molecule has 1 heterocycles. The minimum absolute atomic E-state index is 0.106. The summed E-state index contributed by atoms with van der Waals surface area (Å²) in [5, 5.41) is 3.24. The van der Waals surface area contributed by atoms with Gasteiger partial charge < -0.3 is 19.5 Å². The summed E-state index contributed by atoms with van der Waals surface area (Å²) in [4.78, 5) is 0. The van der Waals surface area contributed by atoms with Gasteiger partial charge in [-0.15, -0.1) is 0 Å². The van der Waals surface area contributed by atoms with E-state index in [2.05, 4.69) is 10.1 Å². The van der Waals surface area contributed by atoms with E-state index >= 15 is 0 Å². The fraction of sp³-hybridized carbons (Fsp3) is 1.00. The fourth-order valence-electron chi connectivity index (χ4n) is 2.08. The van der Waals surface area contributed by atoms with Crippen LogP contribution in [0.1, 0.15) is 12.8 Å². The zero-order valence-corrected chi connectivity index (χ0v) is 11.2. The van der Waals surface area contributed by atoms with E-state index in [-0.39, 0.29) is 12.0 Å². The lowest BCUT2D eigenvalue weighted by molar-refractivity contribution is -0.175. The van der Waals surface area contributed by atoms with Gasteiger partial charge in [-0.3, -0.25) is 0 Å². The van der Waals surface area contributed by atoms with Crippen LogP contribution < -0.4 is 5.32 Å². The van der Waals surface area contributed by atoms with Gasteiger partial charge in [-0.05, 0) is 12.8 Å². The van der Waals surface area contributed by atoms with Gasteiger partial charge in [0.05, 0.1) is 13.2 Å². The number of hydrogen-bond donors (Lipinski definition) is 1. The lowest BCUT2D eigenvalue weighted by atomic mass is 9.84. The third-order valence-electron chi connectivity index (χ3n) is 3.21. The summed E-state index contributed by atoms with van der Waals surface area (Å²) >= 11 is 0. The van der Waals surface area contributed by atoms with Gasteiger partial charge in [0.15, 0.2) is 0 Å². The van der Waals surface area contributed by atoms with Gasteiger partial charge in [-0.25, -0.2) is 0 Å². The Morgan fingerprint density at radius 1 is 1.32 bits per heavy atom. The summed E-state index contributed by atoms with van der Waals surface area (Å²) in [5.74, 6) is 0. The minimum atomic E-state index is -4.25. The molecule has 0 radical (unpaired) electrons.